The highest BCUT2D eigenvalue weighted by atomic mass is 16.3. The van der Waals surface area contributed by atoms with Crippen LogP contribution in [-0.4, -0.2) is 17.0 Å². The first-order chi connectivity index (χ1) is 7.88. The molecule has 3 atom stereocenters. The van der Waals surface area contributed by atoms with Gasteiger partial charge >= 0.3 is 0 Å². The van der Waals surface area contributed by atoms with E-state index in [9.17, 15) is 9.90 Å². The Labute approximate surface area is 104 Å². The summed E-state index contributed by atoms with van der Waals surface area (Å²) in [5, 5.41) is 10.2. The number of carbonyl (C=O) groups excluding carboxylic acids is 1. The molecule has 2 heteroatoms. The van der Waals surface area contributed by atoms with Gasteiger partial charge in [-0.05, 0) is 38.5 Å². The fourth-order valence-corrected chi connectivity index (χ4v) is 3.64. The third-order valence-electron chi connectivity index (χ3n) is 4.89. The van der Waals surface area contributed by atoms with Gasteiger partial charge in [0, 0.05) is 16.9 Å². The third-order valence-corrected chi connectivity index (χ3v) is 4.89. The Bertz CT molecular complexity index is 367. The molecule has 2 rings (SSSR count). The van der Waals surface area contributed by atoms with Gasteiger partial charge in [0.25, 0.3) is 0 Å². The summed E-state index contributed by atoms with van der Waals surface area (Å²) >= 11 is 0. The van der Waals surface area contributed by atoms with Crippen molar-refractivity contribution >= 4 is 5.78 Å². The quantitative estimate of drug-likeness (QED) is 0.759. The Hall–Kier alpha value is -0.630. The van der Waals surface area contributed by atoms with E-state index in [1.165, 1.54) is 5.57 Å². The molecule has 96 valence electrons. The van der Waals surface area contributed by atoms with Crippen molar-refractivity contribution in [2.45, 2.75) is 59.5 Å². The van der Waals surface area contributed by atoms with Crippen molar-refractivity contribution < 1.29 is 9.90 Å². The van der Waals surface area contributed by atoms with Gasteiger partial charge in [0.05, 0.1) is 6.10 Å². The molecule has 0 heterocycles. The standard InChI is InChI=1S/C15H24O2/c1-9(2)11-7-8-15(4)12(16)6-5-10(3)13(15)14(11)17/h9,11-12,16H,5-8H2,1-4H3/t11-,12+,15-/m0/s1. The van der Waals surface area contributed by atoms with Crippen LogP contribution in [0.4, 0.5) is 0 Å². The van der Waals surface area contributed by atoms with Crippen molar-refractivity contribution in [2.24, 2.45) is 17.3 Å². The zero-order valence-electron chi connectivity index (χ0n) is 11.4. The van der Waals surface area contributed by atoms with Crippen LogP contribution in [0.1, 0.15) is 53.4 Å². The van der Waals surface area contributed by atoms with E-state index in [1.807, 2.05) is 0 Å². The summed E-state index contributed by atoms with van der Waals surface area (Å²) in [5.74, 6) is 0.884. The van der Waals surface area contributed by atoms with E-state index in [-0.39, 0.29) is 17.4 Å². The Morgan fingerprint density at radius 3 is 2.59 bits per heavy atom. The Morgan fingerprint density at radius 1 is 1.35 bits per heavy atom. The van der Waals surface area contributed by atoms with Crippen LogP contribution in [0.15, 0.2) is 11.1 Å². The molecule has 2 nitrogen and oxygen atoms in total. The first-order valence-electron chi connectivity index (χ1n) is 6.80. The van der Waals surface area contributed by atoms with Gasteiger partial charge in [-0.2, -0.15) is 0 Å². The molecule has 0 radical (unpaired) electrons. The second-order valence-electron chi connectivity index (χ2n) is 6.38. The number of allylic oxidation sites excluding steroid dienone is 1. The highest BCUT2D eigenvalue weighted by Crippen LogP contribution is 2.50. The molecule has 0 saturated heterocycles. The molecule has 0 spiro atoms. The van der Waals surface area contributed by atoms with E-state index in [2.05, 4.69) is 27.7 Å². The molecule has 0 aromatic carbocycles. The smallest absolute Gasteiger partial charge is 0.162 e. The molecule has 1 N–H and O–H groups in total. The van der Waals surface area contributed by atoms with Gasteiger partial charge < -0.3 is 5.11 Å². The summed E-state index contributed by atoms with van der Waals surface area (Å²) < 4.78 is 0. The summed E-state index contributed by atoms with van der Waals surface area (Å²) in [6, 6.07) is 0. The first-order valence-corrected chi connectivity index (χ1v) is 6.80. The van der Waals surface area contributed by atoms with Crippen LogP contribution >= 0.6 is 0 Å². The number of rotatable bonds is 1. The summed E-state index contributed by atoms with van der Waals surface area (Å²) in [4.78, 5) is 12.6. The molecular formula is C15H24O2. The number of aliphatic hydroxyl groups excluding tert-OH is 1. The van der Waals surface area contributed by atoms with Crippen molar-refractivity contribution in [3.63, 3.8) is 0 Å². The zero-order chi connectivity index (χ0) is 12.8. The van der Waals surface area contributed by atoms with Crippen LogP contribution in [0, 0.1) is 17.3 Å². The number of ketones is 1. The summed E-state index contributed by atoms with van der Waals surface area (Å²) in [6.07, 6.45) is 3.24. The molecule has 0 bridgehead atoms. The second kappa shape index (κ2) is 4.24. The largest absolute Gasteiger partial charge is 0.392 e. The van der Waals surface area contributed by atoms with E-state index >= 15 is 0 Å². The average Bonchev–Trinajstić information content (AvgIpc) is 2.23. The highest BCUT2D eigenvalue weighted by molar-refractivity contribution is 6.00. The van der Waals surface area contributed by atoms with Crippen LogP contribution < -0.4 is 0 Å². The molecule has 0 unspecified atom stereocenters. The monoisotopic (exact) mass is 236 g/mol. The molecule has 0 amide bonds. The minimum atomic E-state index is -0.335. The number of carbonyl (C=O) groups is 1. The van der Waals surface area contributed by atoms with Crippen LogP contribution in [-0.2, 0) is 4.79 Å². The zero-order valence-corrected chi connectivity index (χ0v) is 11.4. The lowest BCUT2D eigenvalue weighted by Gasteiger charge is -2.46. The normalized spacial score (nSPS) is 38.6. The first kappa shape index (κ1) is 12.8. The van der Waals surface area contributed by atoms with Crippen LogP contribution in [0.5, 0.6) is 0 Å². The van der Waals surface area contributed by atoms with E-state index in [0.717, 1.165) is 31.3 Å². The van der Waals surface area contributed by atoms with Crippen molar-refractivity contribution in [2.75, 3.05) is 0 Å². The molecule has 0 aromatic heterocycles. The van der Waals surface area contributed by atoms with Crippen molar-refractivity contribution in [3.8, 4) is 0 Å². The fraction of sp³-hybridized carbons (Fsp3) is 0.800. The number of fused-ring (bicyclic) bond motifs is 1. The van der Waals surface area contributed by atoms with E-state index in [0.29, 0.717) is 11.7 Å². The Morgan fingerprint density at radius 2 is 2.00 bits per heavy atom. The maximum absolute atomic E-state index is 12.6. The highest BCUT2D eigenvalue weighted by Gasteiger charge is 2.48. The molecular weight excluding hydrogens is 212 g/mol. The van der Waals surface area contributed by atoms with E-state index in [4.69, 9.17) is 0 Å². The molecule has 1 fully saturated rings. The summed E-state index contributed by atoms with van der Waals surface area (Å²) in [6.45, 7) is 8.39. The van der Waals surface area contributed by atoms with Crippen molar-refractivity contribution in [3.05, 3.63) is 11.1 Å². The van der Waals surface area contributed by atoms with E-state index in [1.54, 1.807) is 0 Å². The lowest BCUT2D eigenvalue weighted by atomic mass is 9.58. The molecule has 17 heavy (non-hydrogen) atoms. The summed E-state index contributed by atoms with van der Waals surface area (Å²) in [7, 11) is 0. The molecule has 1 saturated carbocycles. The maximum atomic E-state index is 12.6. The maximum Gasteiger partial charge on any atom is 0.162 e. The SMILES string of the molecule is CC1=C2C(=O)[C@H](C(C)C)CC[C@@]2(C)[C@H](O)CC1. The van der Waals surface area contributed by atoms with Crippen molar-refractivity contribution in [1.29, 1.82) is 0 Å². The van der Waals surface area contributed by atoms with Gasteiger partial charge in [-0.1, -0.05) is 26.3 Å². The molecule has 2 aliphatic rings. The Balaban J connectivity index is 2.42. The summed E-state index contributed by atoms with van der Waals surface area (Å²) in [5.41, 5.74) is 1.90. The van der Waals surface area contributed by atoms with Crippen LogP contribution in [0.25, 0.3) is 0 Å². The molecule has 2 aliphatic carbocycles. The third kappa shape index (κ3) is 1.87. The lowest BCUT2D eigenvalue weighted by Crippen LogP contribution is -2.46. The number of hydrogen-bond donors (Lipinski definition) is 1. The van der Waals surface area contributed by atoms with E-state index < -0.39 is 0 Å². The molecule has 0 aliphatic heterocycles. The van der Waals surface area contributed by atoms with Crippen molar-refractivity contribution in [1.82, 2.24) is 0 Å². The Kier molecular flexibility index (Phi) is 3.19. The number of hydrogen-bond acceptors (Lipinski definition) is 2. The van der Waals surface area contributed by atoms with Gasteiger partial charge in [-0.15, -0.1) is 0 Å². The predicted molar refractivity (Wildman–Crippen MR) is 68.6 cm³/mol. The van der Waals surface area contributed by atoms with Gasteiger partial charge in [0.15, 0.2) is 5.78 Å². The minimum Gasteiger partial charge on any atom is -0.392 e. The van der Waals surface area contributed by atoms with Gasteiger partial charge in [0.1, 0.15) is 0 Å². The predicted octanol–water partition coefficient (Wildman–Crippen LogP) is 3.10. The fourth-order valence-electron chi connectivity index (χ4n) is 3.64. The van der Waals surface area contributed by atoms with Gasteiger partial charge in [0.2, 0.25) is 0 Å². The lowest BCUT2D eigenvalue weighted by molar-refractivity contribution is -0.126. The molecule has 0 aromatic rings. The minimum absolute atomic E-state index is 0.165. The average molecular weight is 236 g/mol. The number of Topliss-reactive ketones (excluding diaryl/α,β-unsaturated/α-hetero) is 1. The van der Waals surface area contributed by atoms with Crippen LogP contribution in [0.3, 0.4) is 0 Å². The number of aliphatic hydroxyl groups is 1. The topological polar surface area (TPSA) is 37.3 Å². The van der Waals surface area contributed by atoms with Crippen LogP contribution in [0.2, 0.25) is 0 Å². The van der Waals surface area contributed by atoms with Gasteiger partial charge in [-0.25, -0.2) is 0 Å². The van der Waals surface area contributed by atoms with Gasteiger partial charge in [-0.3, -0.25) is 4.79 Å². The second-order valence-corrected chi connectivity index (χ2v) is 6.38.